The van der Waals surface area contributed by atoms with Crippen molar-refractivity contribution in [2.24, 2.45) is 0 Å². The molecule has 0 aliphatic heterocycles. The largest absolute Gasteiger partial charge is 0.395 e. The van der Waals surface area contributed by atoms with E-state index in [2.05, 4.69) is 22.1 Å². The highest BCUT2D eigenvalue weighted by Crippen LogP contribution is 2.15. The zero-order valence-electron chi connectivity index (χ0n) is 11.2. The second kappa shape index (κ2) is 7.43. The van der Waals surface area contributed by atoms with Crippen LogP contribution in [0.5, 0.6) is 0 Å². The summed E-state index contributed by atoms with van der Waals surface area (Å²) in [6.07, 6.45) is 1.90. The topological polar surface area (TPSA) is 82.2 Å². The van der Waals surface area contributed by atoms with Crippen LogP contribution >= 0.6 is 11.3 Å². The third kappa shape index (κ3) is 4.05. The van der Waals surface area contributed by atoms with E-state index in [0.29, 0.717) is 13.0 Å². The molecule has 0 spiro atoms. The first-order valence-corrected chi connectivity index (χ1v) is 7.22. The first kappa shape index (κ1) is 15.0. The number of amides is 1. The number of pyridine rings is 1. The van der Waals surface area contributed by atoms with Gasteiger partial charge >= 0.3 is 0 Å². The molecule has 2 rings (SSSR count). The van der Waals surface area contributed by atoms with E-state index in [1.54, 1.807) is 6.07 Å². The molecule has 1 amide bonds. The molecule has 2 aromatic rings. The summed E-state index contributed by atoms with van der Waals surface area (Å²) in [4.78, 5) is 26.8. The summed E-state index contributed by atoms with van der Waals surface area (Å²) >= 11 is 1.48. The van der Waals surface area contributed by atoms with Crippen molar-refractivity contribution < 1.29 is 9.90 Å². The molecule has 0 aromatic carbocycles. The second-order valence-corrected chi connectivity index (χ2v) is 5.13. The second-order valence-electron chi connectivity index (χ2n) is 4.13. The Morgan fingerprint density at radius 2 is 2.29 bits per heavy atom. The van der Waals surface area contributed by atoms with Gasteiger partial charge in [0, 0.05) is 23.1 Å². The van der Waals surface area contributed by atoms with Gasteiger partial charge in [-0.15, -0.1) is 11.3 Å². The smallest absolute Gasteiger partial charge is 0.260 e. The summed E-state index contributed by atoms with van der Waals surface area (Å²) < 4.78 is 0. The maximum Gasteiger partial charge on any atom is 0.260 e. The molecule has 21 heavy (non-hydrogen) atoms. The lowest BCUT2D eigenvalue weighted by atomic mass is 10.2. The highest BCUT2D eigenvalue weighted by atomic mass is 32.1. The number of carbonyl (C=O) groups excluding carboxylic acids is 1. The molecule has 0 fully saturated rings. The number of nitrogens with one attached hydrogen (secondary N) is 2. The summed E-state index contributed by atoms with van der Waals surface area (Å²) in [5.41, 5.74) is 0.502. The predicted molar refractivity (Wildman–Crippen MR) is 81.1 cm³/mol. The minimum atomic E-state index is -0.417. The van der Waals surface area contributed by atoms with E-state index < -0.39 is 11.5 Å². The van der Waals surface area contributed by atoms with Crippen LogP contribution in [0.25, 0.3) is 0 Å². The van der Waals surface area contributed by atoms with Gasteiger partial charge in [-0.25, -0.2) is 0 Å². The van der Waals surface area contributed by atoms with Crippen LogP contribution in [0.4, 0.5) is 0 Å². The Balaban J connectivity index is 2.03. The van der Waals surface area contributed by atoms with Crippen molar-refractivity contribution in [3.63, 3.8) is 0 Å². The third-order valence-electron chi connectivity index (χ3n) is 2.68. The molecule has 2 heterocycles. The van der Waals surface area contributed by atoms with E-state index in [9.17, 15) is 9.59 Å². The minimum Gasteiger partial charge on any atom is -0.395 e. The van der Waals surface area contributed by atoms with Crippen LogP contribution in [0, 0.1) is 11.8 Å². The number of hydrogen-bond donors (Lipinski definition) is 3. The lowest BCUT2D eigenvalue weighted by Crippen LogP contribution is -2.28. The van der Waals surface area contributed by atoms with Crippen LogP contribution in [0.3, 0.4) is 0 Å². The molecule has 0 radical (unpaired) electrons. The van der Waals surface area contributed by atoms with E-state index in [-0.39, 0.29) is 12.2 Å². The number of hydrogen-bond acceptors (Lipinski definition) is 4. The first-order chi connectivity index (χ1) is 10.2. The van der Waals surface area contributed by atoms with Crippen LogP contribution in [-0.4, -0.2) is 22.6 Å². The van der Waals surface area contributed by atoms with E-state index >= 15 is 0 Å². The molecule has 2 aromatic heterocycles. The molecule has 0 aliphatic carbocycles. The molecule has 0 bridgehead atoms. The van der Waals surface area contributed by atoms with Gasteiger partial charge in [-0.3, -0.25) is 9.59 Å². The number of carbonyl (C=O) groups is 1. The van der Waals surface area contributed by atoms with Crippen LogP contribution in [0.1, 0.15) is 27.2 Å². The van der Waals surface area contributed by atoms with Crippen LogP contribution in [-0.2, 0) is 6.54 Å². The van der Waals surface area contributed by atoms with Gasteiger partial charge < -0.3 is 15.4 Å². The Morgan fingerprint density at radius 1 is 1.43 bits per heavy atom. The van der Waals surface area contributed by atoms with E-state index in [0.717, 1.165) is 10.4 Å². The monoisotopic (exact) mass is 302 g/mol. The van der Waals surface area contributed by atoms with Crippen molar-refractivity contribution in [2.75, 3.05) is 6.61 Å². The maximum absolute atomic E-state index is 11.9. The van der Waals surface area contributed by atoms with Crippen molar-refractivity contribution >= 4 is 17.2 Å². The Kier molecular flexibility index (Phi) is 5.32. The first-order valence-electron chi connectivity index (χ1n) is 6.34. The van der Waals surface area contributed by atoms with E-state index in [4.69, 9.17) is 5.11 Å². The van der Waals surface area contributed by atoms with E-state index in [1.807, 2.05) is 11.4 Å². The van der Waals surface area contributed by atoms with Crippen molar-refractivity contribution in [2.45, 2.75) is 13.0 Å². The summed E-state index contributed by atoms with van der Waals surface area (Å²) in [5.74, 6) is 5.38. The number of rotatable bonds is 4. The molecule has 0 atom stereocenters. The molecule has 0 unspecified atom stereocenters. The van der Waals surface area contributed by atoms with Gasteiger partial charge in [0.2, 0.25) is 0 Å². The highest BCUT2D eigenvalue weighted by Gasteiger charge is 2.10. The molecule has 0 saturated heterocycles. The highest BCUT2D eigenvalue weighted by molar-refractivity contribution is 7.10. The molecule has 5 nitrogen and oxygen atoms in total. The Labute approximate surface area is 125 Å². The van der Waals surface area contributed by atoms with Crippen molar-refractivity contribution in [1.29, 1.82) is 0 Å². The van der Waals surface area contributed by atoms with Gasteiger partial charge in [-0.1, -0.05) is 11.8 Å². The minimum absolute atomic E-state index is 0.0278. The fourth-order valence-electron chi connectivity index (χ4n) is 1.66. The van der Waals surface area contributed by atoms with E-state index in [1.165, 1.54) is 23.6 Å². The van der Waals surface area contributed by atoms with Crippen LogP contribution in [0.2, 0.25) is 0 Å². The van der Waals surface area contributed by atoms with Gasteiger partial charge in [-0.05, 0) is 23.6 Å². The molecular formula is C15H14N2O3S. The van der Waals surface area contributed by atoms with Crippen molar-refractivity contribution in [3.05, 3.63) is 56.1 Å². The molecule has 0 saturated carbocycles. The Hall–Kier alpha value is -2.36. The number of thiophene rings is 1. The summed E-state index contributed by atoms with van der Waals surface area (Å²) in [6.45, 7) is 0.341. The number of aliphatic hydroxyl groups excluding tert-OH is 1. The van der Waals surface area contributed by atoms with Gasteiger partial charge in [0.15, 0.2) is 0 Å². The molecule has 0 aliphatic rings. The summed E-state index contributed by atoms with van der Waals surface area (Å²) in [7, 11) is 0. The SMILES string of the molecule is O=C(NCc1sccc1C#CCCO)c1ccc[nH]c1=O. The average molecular weight is 302 g/mol. The Bertz CT molecular complexity index is 737. The molecule has 108 valence electrons. The third-order valence-corrected chi connectivity index (χ3v) is 3.60. The number of aromatic amines is 1. The zero-order chi connectivity index (χ0) is 15.1. The lowest BCUT2D eigenvalue weighted by molar-refractivity contribution is 0.0950. The zero-order valence-corrected chi connectivity index (χ0v) is 12.0. The fourth-order valence-corrected chi connectivity index (χ4v) is 2.43. The predicted octanol–water partition coefficient (Wildman–Crippen LogP) is 1.10. The lowest BCUT2D eigenvalue weighted by Gasteiger charge is -2.03. The van der Waals surface area contributed by atoms with Crippen molar-refractivity contribution in [1.82, 2.24) is 10.3 Å². The molecular weight excluding hydrogens is 288 g/mol. The van der Waals surface area contributed by atoms with Crippen molar-refractivity contribution in [3.8, 4) is 11.8 Å². The summed E-state index contributed by atoms with van der Waals surface area (Å²) in [6, 6.07) is 4.95. The summed E-state index contributed by atoms with van der Waals surface area (Å²) in [5, 5.41) is 13.3. The Morgan fingerprint density at radius 3 is 3.05 bits per heavy atom. The normalized spacial score (nSPS) is 9.76. The average Bonchev–Trinajstić information content (AvgIpc) is 2.93. The number of aliphatic hydroxyl groups is 1. The van der Waals surface area contributed by atoms with Crippen LogP contribution in [0.15, 0.2) is 34.6 Å². The van der Waals surface area contributed by atoms with Gasteiger partial charge in [-0.2, -0.15) is 0 Å². The molecule has 6 heteroatoms. The van der Waals surface area contributed by atoms with Gasteiger partial charge in [0.25, 0.3) is 11.5 Å². The molecule has 3 N–H and O–H groups in total. The van der Waals surface area contributed by atoms with Crippen LogP contribution < -0.4 is 10.9 Å². The quantitative estimate of drug-likeness (QED) is 0.740. The maximum atomic E-state index is 11.9. The standard InChI is InChI=1S/C15H14N2O3S/c18-8-2-1-4-11-6-9-21-13(11)10-17-15(20)12-5-3-7-16-14(12)19/h3,5-7,9,18H,2,8,10H2,(H,16,19)(H,17,20). The fraction of sp³-hybridized carbons (Fsp3) is 0.200. The number of H-pyrrole nitrogens is 1. The van der Waals surface area contributed by atoms with Gasteiger partial charge in [0.05, 0.1) is 13.2 Å². The number of aromatic nitrogens is 1. The van der Waals surface area contributed by atoms with Gasteiger partial charge in [0.1, 0.15) is 5.56 Å².